The van der Waals surface area contributed by atoms with E-state index in [9.17, 15) is 0 Å². The van der Waals surface area contributed by atoms with Crippen LogP contribution in [0.5, 0.6) is 11.5 Å². The fourth-order valence-corrected chi connectivity index (χ4v) is 3.15. The molecule has 0 spiro atoms. The fraction of sp³-hybridized carbons (Fsp3) is 0.370. The third-order valence-corrected chi connectivity index (χ3v) is 4.51. The Hall–Kier alpha value is -3.21. The van der Waals surface area contributed by atoms with Gasteiger partial charge in [0.2, 0.25) is 0 Å². The monoisotopic (exact) mass is 435 g/mol. The molecule has 0 aliphatic carbocycles. The molecule has 0 radical (unpaired) electrons. The van der Waals surface area contributed by atoms with Crippen LogP contribution < -0.4 is 9.47 Å². The third-order valence-electron chi connectivity index (χ3n) is 4.51. The average Bonchev–Trinajstić information content (AvgIpc) is 2.85. The minimum Gasteiger partial charge on any atom is -0.493 e. The molecule has 0 aliphatic heterocycles. The van der Waals surface area contributed by atoms with Crippen LogP contribution in [0.25, 0.3) is 0 Å². The predicted molar refractivity (Wildman–Crippen MR) is 135 cm³/mol. The van der Waals surface area contributed by atoms with Gasteiger partial charge in [-0.15, -0.1) is 0 Å². The van der Waals surface area contributed by atoms with Crippen molar-refractivity contribution in [1.29, 1.82) is 0 Å². The molecular formula is C27H37N3O2. The lowest BCUT2D eigenvalue weighted by atomic mass is 9.87. The summed E-state index contributed by atoms with van der Waals surface area (Å²) in [5.74, 6) is 2.28. The van der Waals surface area contributed by atoms with Crippen LogP contribution in [0.2, 0.25) is 0 Å². The minimum atomic E-state index is 0.121. The van der Waals surface area contributed by atoms with Crippen molar-refractivity contribution in [1.82, 2.24) is 9.97 Å². The van der Waals surface area contributed by atoms with E-state index < -0.39 is 0 Å². The topological polar surface area (TPSA) is 56.6 Å². The van der Waals surface area contributed by atoms with Gasteiger partial charge in [0.15, 0.2) is 17.3 Å². The Labute approximate surface area is 193 Å². The van der Waals surface area contributed by atoms with Gasteiger partial charge in [0, 0.05) is 30.2 Å². The van der Waals surface area contributed by atoms with E-state index in [-0.39, 0.29) is 5.92 Å². The first kappa shape index (κ1) is 26.8. The lowest BCUT2D eigenvalue weighted by molar-refractivity contribution is 0.354. The van der Waals surface area contributed by atoms with Crippen LogP contribution in [-0.2, 0) is 6.42 Å². The maximum Gasteiger partial charge on any atom is 0.161 e. The van der Waals surface area contributed by atoms with E-state index in [0.717, 1.165) is 40.6 Å². The number of aromatic nitrogens is 2. The summed E-state index contributed by atoms with van der Waals surface area (Å²) in [6.07, 6.45) is 6.38. The average molecular weight is 436 g/mol. The summed E-state index contributed by atoms with van der Waals surface area (Å²) in [5.41, 5.74) is 4.45. The Kier molecular flexibility index (Phi) is 12.4. The maximum atomic E-state index is 5.51. The second-order valence-electron chi connectivity index (χ2n) is 6.74. The molecule has 5 nitrogen and oxygen atoms in total. The number of benzene rings is 1. The molecule has 32 heavy (non-hydrogen) atoms. The van der Waals surface area contributed by atoms with Crippen molar-refractivity contribution < 1.29 is 9.47 Å². The smallest absolute Gasteiger partial charge is 0.161 e. The SMILES string of the molecule is CC.CC.COc1ccc(C(Cc2ccncc2)c2ccc(N=C(C)C)nc2)cc1OC. The van der Waals surface area contributed by atoms with E-state index in [1.807, 2.05) is 90.5 Å². The minimum absolute atomic E-state index is 0.121. The number of nitrogens with zero attached hydrogens (tertiary/aromatic N) is 3. The Morgan fingerprint density at radius 1 is 0.844 bits per heavy atom. The number of aliphatic imine (C=N–C) groups is 1. The molecule has 3 aromatic rings. The Morgan fingerprint density at radius 2 is 1.47 bits per heavy atom. The van der Waals surface area contributed by atoms with Crippen molar-refractivity contribution in [3.63, 3.8) is 0 Å². The van der Waals surface area contributed by atoms with Gasteiger partial charge in [-0.2, -0.15) is 0 Å². The van der Waals surface area contributed by atoms with E-state index in [2.05, 4.69) is 27.1 Å². The summed E-state index contributed by atoms with van der Waals surface area (Å²) in [7, 11) is 3.30. The van der Waals surface area contributed by atoms with Crippen LogP contribution in [0.1, 0.15) is 64.2 Å². The summed E-state index contributed by atoms with van der Waals surface area (Å²) in [6, 6.07) is 14.2. The van der Waals surface area contributed by atoms with Crippen LogP contribution >= 0.6 is 0 Å². The molecule has 0 saturated carbocycles. The highest BCUT2D eigenvalue weighted by atomic mass is 16.5. The van der Waals surface area contributed by atoms with Gasteiger partial charge in [-0.05, 0) is 67.3 Å². The highest BCUT2D eigenvalue weighted by Gasteiger charge is 2.18. The number of rotatable bonds is 7. The van der Waals surface area contributed by atoms with Crippen LogP contribution in [0.15, 0.2) is 66.0 Å². The molecule has 0 aliphatic rings. The quantitative estimate of drug-likeness (QED) is 0.374. The van der Waals surface area contributed by atoms with Gasteiger partial charge >= 0.3 is 0 Å². The highest BCUT2D eigenvalue weighted by molar-refractivity contribution is 5.81. The number of hydrogen-bond donors (Lipinski definition) is 0. The zero-order valence-electron chi connectivity index (χ0n) is 20.7. The Bertz CT molecular complexity index is 935. The number of methoxy groups -OCH3 is 2. The summed E-state index contributed by atoms with van der Waals surface area (Å²) in [5, 5.41) is 0. The van der Waals surface area contributed by atoms with Crippen molar-refractivity contribution in [2.24, 2.45) is 4.99 Å². The van der Waals surface area contributed by atoms with Gasteiger partial charge in [-0.1, -0.05) is 39.8 Å². The Morgan fingerprint density at radius 3 is 2.00 bits per heavy atom. The lowest BCUT2D eigenvalue weighted by Crippen LogP contribution is -2.06. The first-order valence-electron chi connectivity index (χ1n) is 11.2. The molecule has 0 bridgehead atoms. The highest BCUT2D eigenvalue weighted by Crippen LogP contribution is 2.35. The fourth-order valence-electron chi connectivity index (χ4n) is 3.15. The van der Waals surface area contributed by atoms with Crippen LogP contribution in [-0.4, -0.2) is 29.9 Å². The molecule has 3 rings (SSSR count). The van der Waals surface area contributed by atoms with Gasteiger partial charge in [-0.25, -0.2) is 9.98 Å². The third kappa shape index (κ3) is 7.80. The second kappa shape index (κ2) is 14.7. The van der Waals surface area contributed by atoms with Crippen molar-refractivity contribution >= 4 is 11.5 Å². The molecule has 2 aromatic heterocycles. The van der Waals surface area contributed by atoms with E-state index in [4.69, 9.17) is 9.47 Å². The van der Waals surface area contributed by atoms with Crippen molar-refractivity contribution in [3.05, 3.63) is 77.7 Å². The molecule has 172 valence electrons. The standard InChI is InChI=1S/C23H25N3O2.2C2H6/c1-16(2)26-23-8-6-19(15-25-23)20(13-17-9-11-24-12-10-17)18-5-7-21(27-3)22(14-18)28-4;2*1-2/h5-12,14-15,20H,13H2,1-4H3;2*1-2H3. The van der Waals surface area contributed by atoms with Gasteiger partial charge in [0.1, 0.15) is 0 Å². The summed E-state index contributed by atoms with van der Waals surface area (Å²) in [6.45, 7) is 11.9. The number of pyridine rings is 2. The van der Waals surface area contributed by atoms with Gasteiger partial charge < -0.3 is 9.47 Å². The van der Waals surface area contributed by atoms with Gasteiger partial charge in [-0.3, -0.25) is 4.98 Å². The normalized spacial score (nSPS) is 10.5. The molecule has 0 saturated heterocycles. The molecule has 1 aromatic carbocycles. The molecular weight excluding hydrogens is 398 g/mol. The number of hydrogen-bond acceptors (Lipinski definition) is 5. The first-order chi connectivity index (χ1) is 15.6. The molecule has 1 unspecified atom stereocenters. The molecule has 0 fully saturated rings. The van der Waals surface area contributed by atoms with Gasteiger partial charge in [0.05, 0.1) is 14.2 Å². The maximum absolute atomic E-state index is 5.51. The first-order valence-corrected chi connectivity index (χ1v) is 11.2. The van der Waals surface area contributed by atoms with E-state index in [0.29, 0.717) is 0 Å². The van der Waals surface area contributed by atoms with E-state index in [1.165, 1.54) is 5.56 Å². The zero-order valence-corrected chi connectivity index (χ0v) is 20.7. The van der Waals surface area contributed by atoms with Crippen LogP contribution in [0.4, 0.5) is 5.82 Å². The molecule has 0 N–H and O–H groups in total. The summed E-state index contributed by atoms with van der Waals surface area (Å²) < 4.78 is 10.9. The van der Waals surface area contributed by atoms with E-state index >= 15 is 0 Å². The molecule has 5 heteroatoms. The van der Waals surface area contributed by atoms with Crippen LogP contribution in [0, 0.1) is 0 Å². The van der Waals surface area contributed by atoms with Crippen molar-refractivity contribution in [2.75, 3.05) is 14.2 Å². The summed E-state index contributed by atoms with van der Waals surface area (Å²) in [4.78, 5) is 13.1. The molecule has 0 amide bonds. The van der Waals surface area contributed by atoms with Gasteiger partial charge in [0.25, 0.3) is 0 Å². The van der Waals surface area contributed by atoms with Crippen molar-refractivity contribution in [3.8, 4) is 11.5 Å². The lowest BCUT2D eigenvalue weighted by Gasteiger charge is -2.20. The largest absolute Gasteiger partial charge is 0.493 e. The molecule has 1 atom stereocenters. The predicted octanol–water partition coefficient (Wildman–Crippen LogP) is 7.03. The molecule has 2 heterocycles. The van der Waals surface area contributed by atoms with Crippen molar-refractivity contribution in [2.45, 2.75) is 53.9 Å². The second-order valence-corrected chi connectivity index (χ2v) is 6.74. The number of ether oxygens (including phenoxy) is 2. The zero-order chi connectivity index (χ0) is 23.9. The Balaban J connectivity index is 0.00000121. The van der Waals surface area contributed by atoms with E-state index in [1.54, 1.807) is 14.2 Å². The summed E-state index contributed by atoms with van der Waals surface area (Å²) >= 11 is 0. The van der Waals surface area contributed by atoms with Crippen LogP contribution in [0.3, 0.4) is 0 Å².